The van der Waals surface area contributed by atoms with Crippen molar-refractivity contribution in [2.45, 2.75) is 71.1 Å². The average Bonchev–Trinajstić information content (AvgIpc) is 2.75. The van der Waals surface area contributed by atoms with Gasteiger partial charge in [0.15, 0.2) is 0 Å². The molecule has 11 heteroatoms. The number of carbonyl (C=O) groups excluding carboxylic acids is 4. The van der Waals surface area contributed by atoms with Crippen LogP contribution in [0.5, 0.6) is 5.75 Å². The molecule has 5 N–H and O–H groups in total. The molecular formula is C24H35N5O6. The molecule has 4 amide bonds. The van der Waals surface area contributed by atoms with Crippen molar-refractivity contribution >= 4 is 23.8 Å². The van der Waals surface area contributed by atoms with E-state index in [2.05, 4.69) is 10.6 Å². The first-order chi connectivity index (χ1) is 16.4. The lowest BCUT2D eigenvalue weighted by Crippen LogP contribution is -2.54. The molecule has 1 aromatic carbocycles. The molecule has 0 radical (unpaired) electrons. The van der Waals surface area contributed by atoms with Crippen LogP contribution in [0.25, 0.3) is 0 Å². The number of aromatic hydroxyl groups is 1. The predicted molar refractivity (Wildman–Crippen MR) is 128 cm³/mol. The fourth-order valence-corrected chi connectivity index (χ4v) is 3.24. The van der Waals surface area contributed by atoms with E-state index in [1.165, 1.54) is 24.3 Å². The molecule has 0 aliphatic heterocycles. The van der Waals surface area contributed by atoms with Gasteiger partial charge in [-0.25, -0.2) is 4.79 Å². The maximum Gasteiger partial charge on any atom is 0.408 e. The normalized spacial score (nSPS) is 12.5. The predicted octanol–water partition coefficient (Wildman–Crippen LogP) is 1.86. The summed E-state index contributed by atoms with van der Waals surface area (Å²) in [6.45, 7) is 6.75. The molecule has 192 valence electrons. The van der Waals surface area contributed by atoms with Crippen molar-refractivity contribution in [1.82, 2.24) is 15.5 Å². The van der Waals surface area contributed by atoms with Crippen molar-refractivity contribution in [1.29, 1.82) is 5.26 Å². The molecule has 0 saturated carbocycles. The molecule has 0 saturated heterocycles. The average molecular weight is 490 g/mol. The third-order valence-electron chi connectivity index (χ3n) is 4.77. The minimum Gasteiger partial charge on any atom is -0.508 e. The minimum atomic E-state index is -1.47. The number of rotatable bonds is 12. The summed E-state index contributed by atoms with van der Waals surface area (Å²) >= 11 is 0. The van der Waals surface area contributed by atoms with E-state index < -0.39 is 54.5 Å². The zero-order valence-corrected chi connectivity index (χ0v) is 20.7. The summed E-state index contributed by atoms with van der Waals surface area (Å²) in [5, 5.41) is 24.2. The van der Waals surface area contributed by atoms with E-state index in [0.29, 0.717) is 12.1 Å². The largest absolute Gasteiger partial charge is 0.508 e. The molecule has 1 rings (SSSR count). The molecule has 0 fully saturated rings. The first-order valence-electron chi connectivity index (χ1n) is 11.4. The Bertz CT molecular complexity index is 920. The highest BCUT2D eigenvalue weighted by Crippen LogP contribution is 2.25. The number of nitriles is 1. The summed E-state index contributed by atoms with van der Waals surface area (Å²) in [7, 11) is 0. The number of nitrogens with two attached hydrogens (primary N) is 1. The van der Waals surface area contributed by atoms with Crippen LogP contribution in [0.4, 0.5) is 4.79 Å². The second kappa shape index (κ2) is 13.8. The fourth-order valence-electron chi connectivity index (χ4n) is 3.24. The van der Waals surface area contributed by atoms with Gasteiger partial charge in [0.2, 0.25) is 17.7 Å². The van der Waals surface area contributed by atoms with E-state index in [9.17, 15) is 29.5 Å². The SMILES string of the molecule is CCCCCNC(=O)C(c1ccc(O)cc1)N(CC#N)C(=O)C(CC(N)=O)NC(=O)OC(C)(C)C. The van der Waals surface area contributed by atoms with Gasteiger partial charge < -0.3 is 31.1 Å². The molecule has 0 aliphatic carbocycles. The maximum atomic E-state index is 13.5. The van der Waals surface area contributed by atoms with Gasteiger partial charge in [-0.3, -0.25) is 14.4 Å². The molecule has 2 atom stereocenters. The highest BCUT2D eigenvalue weighted by molar-refractivity contribution is 5.94. The third-order valence-corrected chi connectivity index (χ3v) is 4.77. The molecule has 0 spiro atoms. The number of phenolic OH excluding ortho intramolecular Hbond substituents is 1. The van der Waals surface area contributed by atoms with Gasteiger partial charge in [-0.15, -0.1) is 0 Å². The lowest BCUT2D eigenvalue weighted by molar-refractivity contribution is -0.142. The molecule has 11 nitrogen and oxygen atoms in total. The molecule has 0 bridgehead atoms. The lowest BCUT2D eigenvalue weighted by Gasteiger charge is -2.32. The topological polar surface area (TPSA) is 175 Å². The van der Waals surface area contributed by atoms with Crippen LogP contribution in [0.15, 0.2) is 24.3 Å². The van der Waals surface area contributed by atoms with E-state index >= 15 is 0 Å². The van der Waals surface area contributed by atoms with Crippen molar-refractivity contribution in [3.63, 3.8) is 0 Å². The van der Waals surface area contributed by atoms with E-state index in [1.54, 1.807) is 20.8 Å². The van der Waals surface area contributed by atoms with Gasteiger partial charge >= 0.3 is 6.09 Å². The number of ether oxygens (including phenoxy) is 1. The summed E-state index contributed by atoms with van der Waals surface area (Å²) in [6, 6.07) is 4.73. The second-order valence-electron chi connectivity index (χ2n) is 8.99. The van der Waals surface area contributed by atoms with Crippen LogP contribution >= 0.6 is 0 Å². The highest BCUT2D eigenvalue weighted by Gasteiger charge is 2.36. The van der Waals surface area contributed by atoms with E-state index in [0.717, 1.165) is 24.2 Å². The van der Waals surface area contributed by atoms with Crippen molar-refractivity contribution in [3.8, 4) is 11.8 Å². The zero-order chi connectivity index (χ0) is 26.6. The Kier molecular flexibility index (Phi) is 11.5. The number of alkyl carbamates (subject to hydrolysis) is 1. The molecule has 35 heavy (non-hydrogen) atoms. The summed E-state index contributed by atoms with van der Waals surface area (Å²) in [5.41, 5.74) is 4.75. The van der Waals surface area contributed by atoms with Crippen LogP contribution < -0.4 is 16.4 Å². The lowest BCUT2D eigenvalue weighted by atomic mass is 10.0. The number of hydrogen-bond acceptors (Lipinski definition) is 7. The van der Waals surface area contributed by atoms with Gasteiger partial charge in [-0.2, -0.15) is 5.26 Å². The van der Waals surface area contributed by atoms with Crippen molar-refractivity contribution in [2.24, 2.45) is 5.73 Å². The first-order valence-corrected chi connectivity index (χ1v) is 11.4. The van der Waals surface area contributed by atoms with E-state index in [4.69, 9.17) is 10.5 Å². The van der Waals surface area contributed by atoms with Crippen LogP contribution in [-0.2, 0) is 19.1 Å². The fraction of sp³-hybridized carbons (Fsp3) is 0.542. The number of nitrogens with zero attached hydrogens (tertiary/aromatic N) is 2. The van der Waals surface area contributed by atoms with Crippen molar-refractivity contribution in [3.05, 3.63) is 29.8 Å². The van der Waals surface area contributed by atoms with E-state index in [1.807, 2.05) is 13.0 Å². The Labute approximate surface area is 205 Å². The van der Waals surface area contributed by atoms with Crippen LogP contribution in [0.1, 0.15) is 65.0 Å². The number of primary amides is 1. The Hall–Kier alpha value is -3.81. The maximum absolute atomic E-state index is 13.5. The number of unbranched alkanes of at least 4 members (excludes halogenated alkanes) is 2. The van der Waals surface area contributed by atoms with Crippen LogP contribution in [0, 0.1) is 11.3 Å². The third kappa shape index (κ3) is 10.3. The van der Waals surface area contributed by atoms with Crippen molar-refractivity contribution in [2.75, 3.05) is 13.1 Å². The molecule has 0 aromatic heterocycles. The number of phenols is 1. The quantitative estimate of drug-likeness (QED) is 0.256. The summed E-state index contributed by atoms with van der Waals surface area (Å²) < 4.78 is 5.18. The molecular weight excluding hydrogens is 454 g/mol. The minimum absolute atomic E-state index is 0.0489. The molecule has 0 heterocycles. The number of nitrogens with one attached hydrogen (secondary N) is 2. The Balaban J connectivity index is 3.35. The standard InChI is InChI=1S/C24H35N5O6/c1-5-6-7-13-27-21(32)20(16-8-10-17(30)11-9-16)29(14-12-25)22(33)18(15-19(26)31)28-23(34)35-24(2,3)4/h8-11,18,20,30H,5-7,13-15H2,1-4H3,(H2,26,31)(H,27,32)(H,28,34). The van der Waals surface area contributed by atoms with Crippen molar-refractivity contribution < 1.29 is 29.0 Å². The van der Waals surface area contributed by atoms with Gasteiger partial charge in [-0.05, 0) is 44.9 Å². The Morgan fingerprint density at radius 1 is 1.17 bits per heavy atom. The molecule has 0 aliphatic rings. The number of hydrogen-bond donors (Lipinski definition) is 4. The number of benzene rings is 1. The Morgan fingerprint density at radius 3 is 2.31 bits per heavy atom. The summed E-state index contributed by atoms with van der Waals surface area (Å²) in [4.78, 5) is 51.6. The monoisotopic (exact) mass is 489 g/mol. The van der Waals surface area contributed by atoms with Gasteiger partial charge in [0.25, 0.3) is 0 Å². The molecule has 2 unspecified atom stereocenters. The zero-order valence-electron chi connectivity index (χ0n) is 20.7. The van der Waals surface area contributed by atoms with Gasteiger partial charge in [0.1, 0.15) is 30.0 Å². The smallest absolute Gasteiger partial charge is 0.408 e. The number of amides is 4. The number of carbonyl (C=O) groups is 4. The van der Waals surface area contributed by atoms with Gasteiger partial charge in [0, 0.05) is 6.54 Å². The second-order valence-corrected chi connectivity index (χ2v) is 8.99. The molecule has 1 aromatic rings. The van der Waals surface area contributed by atoms with E-state index in [-0.39, 0.29) is 5.75 Å². The van der Waals surface area contributed by atoms with Gasteiger partial charge in [0.05, 0.1) is 12.5 Å². The first kappa shape index (κ1) is 29.2. The summed E-state index contributed by atoms with van der Waals surface area (Å²) in [5.74, 6) is -2.34. The van der Waals surface area contributed by atoms with Crippen LogP contribution in [-0.4, -0.2) is 58.6 Å². The van der Waals surface area contributed by atoms with Crippen LogP contribution in [0.3, 0.4) is 0 Å². The summed E-state index contributed by atoms with van der Waals surface area (Å²) in [6.07, 6.45) is 1.04. The van der Waals surface area contributed by atoms with Gasteiger partial charge in [-0.1, -0.05) is 31.9 Å². The highest BCUT2D eigenvalue weighted by atomic mass is 16.6. The Morgan fingerprint density at radius 2 is 1.80 bits per heavy atom. The van der Waals surface area contributed by atoms with Crippen LogP contribution in [0.2, 0.25) is 0 Å².